The first-order chi connectivity index (χ1) is 13.6. The van der Waals surface area contributed by atoms with Crippen LogP contribution < -0.4 is 14.5 Å². The van der Waals surface area contributed by atoms with Gasteiger partial charge < -0.3 is 14.5 Å². The van der Waals surface area contributed by atoms with Gasteiger partial charge in [-0.25, -0.2) is 13.4 Å². The summed E-state index contributed by atoms with van der Waals surface area (Å²) in [6, 6.07) is 8.42. The molecule has 2 saturated heterocycles. The Kier molecular flexibility index (Phi) is 5.36. The molecule has 0 N–H and O–H groups in total. The average molecular weight is 404 g/mol. The number of sulfonamides is 1. The smallest absolute Gasteiger partial charge is 0.243 e. The van der Waals surface area contributed by atoms with Crippen molar-refractivity contribution < 1.29 is 13.2 Å². The van der Waals surface area contributed by atoms with E-state index in [9.17, 15) is 8.42 Å². The van der Waals surface area contributed by atoms with Gasteiger partial charge in [0.05, 0.1) is 12.0 Å². The number of rotatable bonds is 5. The van der Waals surface area contributed by atoms with Crippen LogP contribution in [0, 0.1) is 0 Å². The lowest BCUT2D eigenvalue weighted by Gasteiger charge is -2.34. The fourth-order valence-electron chi connectivity index (χ4n) is 3.64. The monoisotopic (exact) mass is 403 g/mol. The van der Waals surface area contributed by atoms with E-state index in [1.54, 1.807) is 37.6 Å². The number of piperazine rings is 1. The molecule has 28 heavy (non-hydrogen) atoms. The van der Waals surface area contributed by atoms with Gasteiger partial charge in [0.15, 0.2) is 0 Å². The molecule has 4 rings (SSSR count). The van der Waals surface area contributed by atoms with Gasteiger partial charge in [-0.05, 0) is 43.2 Å². The average Bonchev–Trinajstić information content (AvgIpc) is 3.29. The van der Waals surface area contributed by atoms with E-state index in [0.717, 1.165) is 24.9 Å². The highest BCUT2D eigenvalue weighted by Crippen LogP contribution is 2.23. The van der Waals surface area contributed by atoms with Crippen molar-refractivity contribution >= 4 is 21.8 Å². The molecule has 0 radical (unpaired) electrons. The highest BCUT2D eigenvalue weighted by molar-refractivity contribution is 7.89. The van der Waals surface area contributed by atoms with E-state index < -0.39 is 10.0 Å². The van der Waals surface area contributed by atoms with Crippen molar-refractivity contribution in [2.45, 2.75) is 17.7 Å². The molecule has 2 aromatic rings. The molecule has 0 unspecified atom stereocenters. The Morgan fingerprint density at radius 2 is 1.57 bits per heavy atom. The predicted octanol–water partition coefficient (Wildman–Crippen LogP) is 1.60. The molecular formula is C19H25N5O3S. The second-order valence-corrected chi connectivity index (χ2v) is 8.91. The Morgan fingerprint density at radius 1 is 0.893 bits per heavy atom. The third-order valence-corrected chi connectivity index (χ3v) is 7.19. The van der Waals surface area contributed by atoms with Crippen molar-refractivity contribution in [2.24, 2.45) is 0 Å². The van der Waals surface area contributed by atoms with E-state index in [-0.39, 0.29) is 0 Å². The number of ether oxygens (including phenoxy) is 1. The van der Waals surface area contributed by atoms with Gasteiger partial charge in [0.2, 0.25) is 16.0 Å². The number of aromatic nitrogens is 2. The third kappa shape index (κ3) is 3.77. The molecule has 2 fully saturated rings. The minimum absolute atomic E-state index is 0.292. The van der Waals surface area contributed by atoms with Gasteiger partial charge in [-0.2, -0.15) is 9.29 Å². The topological polar surface area (TPSA) is 78.9 Å². The van der Waals surface area contributed by atoms with E-state index in [1.165, 1.54) is 17.1 Å². The zero-order valence-electron chi connectivity index (χ0n) is 16.0. The Hall–Kier alpha value is -2.39. The first kappa shape index (κ1) is 18.9. The van der Waals surface area contributed by atoms with Crippen LogP contribution in [0.5, 0.6) is 5.75 Å². The van der Waals surface area contributed by atoms with Crippen molar-refractivity contribution in [3.8, 4) is 5.75 Å². The van der Waals surface area contributed by atoms with Crippen LogP contribution in [0.1, 0.15) is 12.8 Å². The normalized spacial score (nSPS) is 18.5. The minimum atomic E-state index is -3.50. The van der Waals surface area contributed by atoms with Crippen molar-refractivity contribution in [1.82, 2.24) is 14.3 Å². The minimum Gasteiger partial charge on any atom is -0.497 e. The van der Waals surface area contributed by atoms with Crippen LogP contribution in [0.15, 0.2) is 41.4 Å². The van der Waals surface area contributed by atoms with Gasteiger partial charge in [0, 0.05) is 45.5 Å². The van der Waals surface area contributed by atoms with Gasteiger partial charge in [-0.1, -0.05) is 0 Å². The highest BCUT2D eigenvalue weighted by Gasteiger charge is 2.29. The standard InChI is InChI=1S/C19H25N5O3S/c1-27-16-4-6-17(7-5-16)28(25,26)24-14-12-22(13-15-24)18-8-9-20-19(21-18)23-10-2-3-11-23/h4-9H,2-3,10-15H2,1H3. The number of methoxy groups -OCH3 is 1. The fourth-order valence-corrected chi connectivity index (χ4v) is 5.06. The van der Waals surface area contributed by atoms with Crippen molar-refractivity contribution in [1.29, 1.82) is 0 Å². The molecule has 0 amide bonds. The number of hydrogen-bond acceptors (Lipinski definition) is 7. The van der Waals surface area contributed by atoms with Gasteiger partial charge in [-0.3, -0.25) is 0 Å². The number of anilines is 2. The lowest BCUT2D eigenvalue weighted by atomic mass is 10.3. The maximum absolute atomic E-state index is 12.9. The van der Waals surface area contributed by atoms with Gasteiger partial charge >= 0.3 is 0 Å². The SMILES string of the molecule is COc1ccc(S(=O)(=O)N2CCN(c3ccnc(N4CCCC4)n3)CC2)cc1. The number of hydrogen-bond donors (Lipinski definition) is 0. The van der Waals surface area contributed by atoms with Crippen molar-refractivity contribution in [3.05, 3.63) is 36.5 Å². The molecule has 0 atom stereocenters. The van der Waals surface area contributed by atoms with Crippen LogP contribution in [0.25, 0.3) is 0 Å². The molecule has 0 spiro atoms. The number of nitrogens with zero attached hydrogens (tertiary/aromatic N) is 5. The maximum atomic E-state index is 12.9. The second kappa shape index (κ2) is 7.92. The summed E-state index contributed by atoms with van der Waals surface area (Å²) in [6.07, 6.45) is 4.14. The van der Waals surface area contributed by atoms with Crippen LogP contribution in [0.3, 0.4) is 0 Å². The van der Waals surface area contributed by atoms with E-state index in [0.29, 0.717) is 36.8 Å². The molecule has 3 heterocycles. The van der Waals surface area contributed by atoms with Gasteiger partial charge in [-0.15, -0.1) is 0 Å². The summed E-state index contributed by atoms with van der Waals surface area (Å²) >= 11 is 0. The molecule has 0 saturated carbocycles. The summed E-state index contributed by atoms with van der Waals surface area (Å²) in [7, 11) is -1.94. The summed E-state index contributed by atoms with van der Waals surface area (Å²) in [5.74, 6) is 2.27. The Morgan fingerprint density at radius 3 is 2.21 bits per heavy atom. The molecule has 8 nitrogen and oxygen atoms in total. The molecule has 0 bridgehead atoms. The lowest BCUT2D eigenvalue weighted by molar-refractivity contribution is 0.383. The molecule has 1 aromatic carbocycles. The summed E-state index contributed by atoms with van der Waals surface area (Å²) < 4.78 is 32.4. The van der Waals surface area contributed by atoms with Gasteiger partial charge in [0.25, 0.3) is 0 Å². The fraction of sp³-hybridized carbons (Fsp3) is 0.474. The van der Waals surface area contributed by atoms with Crippen LogP contribution in [0.4, 0.5) is 11.8 Å². The highest BCUT2D eigenvalue weighted by atomic mass is 32.2. The van der Waals surface area contributed by atoms with Crippen LogP contribution in [-0.4, -0.2) is 69.1 Å². The molecule has 1 aromatic heterocycles. The van der Waals surface area contributed by atoms with Crippen molar-refractivity contribution in [3.63, 3.8) is 0 Å². The molecular weight excluding hydrogens is 378 g/mol. The zero-order valence-corrected chi connectivity index (χ0v) is 16.8. The Labute approximate surface area is 165 Å². The van der Waals surface area contributed by atoms with Crippen LogP contribution in [-0.2, 0) is 10.0 Å². The number of benzene rings is 1. The van der Waals surface area contributed by atoms with E-state index in [1.807, 2.05) is 6.07 Å². The third-order valence-electron chi connectivity index (χ3n) is 5.28. The zero-order chi connectivity index (χ0) is 19.6. The Balaban J connectivity index is 1.43. The lowest BCUT2D eigenvalue weighted by Crippen LogP contribution is -2.49. The molecule has 0 aliphatic carbocycles. The first-order valence-corrected chi connectivity index (χ1v) is 11.0. The van der Waals surface area contributed by atoms with E-state index in [2.05, 4.69) is 14.8 Å². The van der Waals surface area contributed by atoms with E-state index in [4.69, 9.17) is 9.72 Å². The van der Waals surface area contributed by atoms with Crippen molar-refractivity contribution in [2.75, 3.05) is 56.2 Å². The molecule has 2 aliphatic rings. The summed E-state index contributed by atoms with van der Waals surface area (Å²) in [4.78, 5) is 13.7. The Bertz CT molecular complexity index is 905. The van der Waals surface area contributed by atoms with Crippen LogP contribution in [0.2, 0.25) is 0 Å². The molecule has 9 heteroatoms. The van der Waals surface area contributed by atoms with E-state index >= 15 is 0 Å². The summed E-state index contributed by atoms with van der Waals surface area (Å²) in [5.41, 5.74) is 0. The quantitative estimate of drug-likeness (QED) is 0.750. The van der Waals surface area contributed by atoms with Gasteiger partial charge in [0.1, 0.15) is 11.6 Å². The second-order valence-electron chi connectivity index (χ2n) is 6.98. The molecule has 150 valence electrons. The summed E-state index contributed by atoms with van der Waals surface area (Å²) in [5, 5.41) is 0. The largest absolute Gasteiger partial charge is 0.497 e. The maximum Gasteiger partial charge on any atom is 0.243 e. The predicted molar refractivity (Wildman–Crippen MR) is 107 cm³/mol. The molecule has 2 aliphatic heterocycles. The van der Waals surface area contributed by atoms with Crippen LogP contribution >= 0.6 is 0 Å². The first-order valence-electron chi connectivity index (χ1n) is 9.55. The summed E-state index contributed by atoms with van der Waals surface area (Å²) in [6.45, 7) is 4.06.